The fourth-order valence-corrected chi connectivity index (χ4v) is 4.38. The number of nitrogens with zero attached hydrogens (tertiary/aromatic N) is 2. The number of aromatic nitrogens is 2. The van der Waals surface area contributed by atoms with Crippen LogP contribution in [0.25, 0.3) is 10.9 Å². The molecule has 1 atom stereocenters. The number of para-hydroxylation sites is 1. The number of nitrogens with one attached hydrogen (secondary N) is 1. The van der Waals surface area contributed by atoms with E-state index in [-0.39, 0.29) is 28.9 Å². The van der Waals surface area contributed by atoms with Crippen LogP contribution in [-0.2, 0) is 9.84 Å². The van der Waals surface area contributed by atoms with E-state index in [1.165, 1.54) is 11.9 Å². The van der Waals surface area contributed by atoms with Gasteiger partial charge >= 0.3 is 0 Å². The summed E-state index contributed by atoms with van der Waals surface area (Å²) in [5.41, 5.74) is 0.0448. The summed E-state index contributed by atoms with van der Waals surface area (Å²) < 4.78 is 23.0. The van der Waals surface area contributed by atoms with E-state index in [1.54, 1.807) is 24.3 Å². The molecule has 116 valence electrons. The molecule has 22 heavy (non-hydrogen) atoms. The third-order valence-electron chi connectivity index (χ3n) is 3.89. The van der Waals surface area contributed by atoms with Crippen LogP contribution in [0.4, 0.5) is 0 Å². The predicted molar refractivity (Wildman–Crippen MR) is 81.5 cm³/mol. The van der Waals surface area contributed by atoms with Gasteiger partial charge in [-0.25, -0.2) is 13.4 Å². The van der Waals surface area contributed by atoms with Gasteiger partial charge in [0.25, 0.3) is 11.5 Å². The number of hydrogen-bond acceptors (Lipinski definition) is 5. The van der Waals surface area contributed by atoms with Crippen molar-refractivity contribution in [2.75, 3.05) is 18.6 Å². The molecule has 7 nitrogen and oxygen atoms in total. The maximum atomic E-state index is 12.4. The van der Waals surface area contributed by atoms with Crippen LogP contribution in [0.1, 0.15) is 17.0 Å². The van der Waals surface area contributed by atoms with Gasteiger partial charge in [-0.1, -0.05) is 12.1 Å². The second-order valence-corrected chi connectivity index (χ2v) is 7.63. The van der Waals surface area contributed by atoms with Crippen LogP contribution in [0.5, 0.6) is 0 Å². The summed E-state index contributed by atoms with van der Waals surface area (Å²) in [6, 6.07) is 6.35. The average molecular weight is 321 g/mol. The highest BCUT2D eigenvalue weighted by Crippen LogP contribution is 2.18. The molecule has 0 bridgehead atoms. The molecule has 1 aliphatic rings. The van der Waals surface area contributed by atoms with Gasteiger partial charge in [0.15, 0.2) is 15.7 Å². The Morgan fingerprint density at radius 3 is 2.77 bits per heavy atom. The average Bonchev–Trinajstić information content (AvgIpc) is 2.86. The van der Waals surface area contributed by atoms with Crippen LogP contribution in [-0.4, -0.2) is 53.8 Å². The number of aromatic amines is 1. The quantitative estimate of drug-likeness (QED) is 0.850. The summed E-state index contributed by atoms with van der Waals surface area (Å²) in [4.78, 5) is 32.4. The van der Waals surface area contributed by atoms with Crippen molar-refractivity contribution < 1.29 is 13.2 Å². The number of benzene rings is 1. The smallest absolute Gasteiger partial charge is 0.289 e. The molecule has 2 heterocycles. The van der Waals surface area contributed by atoms with Gasteiger partial charge in [-0.3, -0.25) is 9.59 Å². The van der Waals surface area contributed by atoms with Crippen molar-refractivity contribution in [3.63, 3.8) is 0 Å². The Kier molecular flexibility index (Phi) is 3.48. The molecule has 2 aromatic rings. The van der Waals surface area contributed by atoms with Crippen molar-refractivity contribution in [3.8, 4) is 0 Å². The number of H-pyrrole nitrogens is 1. The van der Waals surface area contributed by atoms with Crippen molar-refractivity contribution in [2.24, 2.45) is 0 Å². The zero-order valence-corrected chi connectivity index (χ0v) is 12.8. The first kappa shape index (κ1) is 14.7. The second kappa shape index (κ2) is 5.20. The molecule has 1 N–H and O–H groups in total. The third-order valence-corrected chi connectivity index (χ3v) is 5.64. The highest BCUT2D eigenvalue weighted by molar-refractivity contribution is 7.91. The number of sulfone groups is 1. The zero-order chi connectivity index (χ0) is 15.9. The number of carbonyl (C=O) groups excluding carboxylic acids is 1. The van der Waals surface area contributed by atoms with E-state index in [9.17, 15) is 18.0 Å². The highest BCUT2D eigenvalue weighted by atomic mass is 32.2. The largest absolute Gasteiger partial charge is 0.335 e. The van der Waals surface area contributed by atoms with Crippen LogP contribution >= 0.6 is 0 Å². The summed E-state index contributed by atoms with van der Waals surface area (Å²) in [6.07, 6.45) is 0.405. The normalized spacial score (nSPS) is 20.1. The summed E-state index contributed by atoms with van der Waals surface area (Å²) in [7, 11) is -1.55. The lowest BCUT2D eigenvalue weighted by Crippen LogP contribution is -2.39. The van der Waals surface area contributed by atoms with Crippen molar-refractivity contribution in [2.45, 2.75) is 12.5 Å². The topological polar surface area (TPSA) is 100 Å². The fourth-order valence-electron chi connectivity index (χ4n) is 2.60. The minimum atomic E-state index is -3.09. The Bertz CT molecular complexity index is 904. The zero-order valence-electron chi connectivity index (χ0n) is 11.9. The van der Waals surface area contributed by atoms with Crippen LogP contribution < -0.4 is 5.56 Å². The maximum Gasteiger partial charge on any atom is 0.289 e. The van der Waals surface area contributed by atoms with Crippen molar-refractivity contribution >= 4 is 26.6 Å². The number of amides is 1. The van der Waals surface area contributed by atoms with Crippen LogP contribution in [0.3, 0.4) is 0 Å². The standard InChI is InChI=1S/C14H15N3O4S/c1-17(9-6-7-22(20,21)8-9)14(19)12-15-11-5-3-2-4-10(11)13(18)16-12/h2-5,9H,6-8H2,1H3,(H,15,16,18)/t9-/m1/s1. The molecular formula is C14H15N3O4S. The second-order valence-electron chi connectivity index (χ2n) is 5.40. The number of fused-ring (bicyclic) bond motifs is 1. The Hall–Kier alpha value is -2.22. The lowest BCUT2D eigenvalue weighted by molar-refractivity contribution is 0.0735. The van der Waals surface area contributed by atoms with E-state index in [4.69, 9.17) is 0 Å². The van der Waals surface area contributed by atoms with Gasteiger partial charge < -0.3 is 9.88 Å². The molecule has 1 aromatic heterocycles. The van der Waals surface area contributed by atoms with Gasteiger partial charge in [0.2, 0.25) is 0 Å². The van der Waals surface area contributed by atoms with Gasteiger partial charge in [-0.15, -0.1) is 0 Å². The van der Waals surface area contributed by atoms with E-state index in [0.717, 1.165) is 0 Å². The molecule has 1 aliphatic heterocycles. The Morgan fingerprint density at radius 2 is 2.09 bits per heavy atom. The van der Waals surface area contributed by atoms with E-state index in [0.29, 0.717) is 17.3 Å². The van der Waals surface area contributed by atoms with E-state index < -0.39 is 15.7 Å². The van der Waals surface area contributed by atoms with Crippen molar-refractivity contribution in [1.82, 2.24) is 14.9 Å². The van der Waals surface area contributed by atoms with Gasteiger partial charge in [0.1, 0.15) is 0 Å². The molecule has 0 unspecified atom stereocenters. The number of hydrogen-bond donors (Lipinski definition) is 1. The van der Waals surface area contributed by atoms with Crippen LogP contribution in [0.15, 0.2) is 29.1 Å². The summed E-state index contributed by atoms with van der Waals surface area (Å²) in [6.45, 7) is 0. The third kappa shape index (κ3) is 2.61. The molecule has 1 amide bonds. The van der Waals surface area contributed by atoms with E-state index in [1.807, 2.05) is 0 Å². The Labute approximate surface area is 126 Å². The molecule has 1 aromatic carbocycles. The molecule has 0 radical (unpaired) electrons. The number of carbonyl (C=O) groups is 1. The lowest BCUT2D eigenvalue weighted by atomic mass is 10.2. The Balaban J connectivity index is 1.94. The van der Waals surface area contributed by atoms with Crippen LogP contribution in [0, 0.1) is 0 Å². The Morgan fingerprint density at radius 1 is 1.36 bits per heavy atom. The predicted octanol–water partition coefficient (Wildman–Crippen LogP) is 0.182. The summed E-state index contributed by atoms with van der Waals surface area (Å²) >= 11 is 0. The highest BCUT2D eigenvalue weighted by Gasteiger charge is 2.33. The van der Waals surface area contributed by atoms with Gasteiger partial charge in [0.05, 0.1) is 22.4 Å². The number of rotatable bonds is 2. The van der Waals surface area contributed by atoms with E-state index >= 15 is 0 Å². The summed E-state index contributed by atoms with van der Waals surface area (Å²) in [5, 5.41) is 0.408. The van der Waals surface area contributed by atoms with Gasteiger partial charge in [0, 0.05) is 13.1 Å². The molecule has 0 spiro atoms. The maximum absolute atomic E-state index is 12.4. The van der Waals surface area contributed by atoms with Crippen molar-refractivity contribution in [1.29, 1.82) is 0 Å². The SMILES string of the molecule is CN(C(=O)c1nc2ccccc2c(=O)[nH]1)[C@@H]1CCS(=O)(=O)C1. The summed E-state index contributed by atoms with van der Waals surface area (Å²) in [5.74, 6) is -0.523. The molecule has 8 heteroatoms. The molecule has 0 saturated carbocycles. The van der Waals surface area contributed by atoms with Crippen molar-refractivity contribution in [3.05, 3.63) is 40.4 Å². The molecular weight excluding hydrogens is 306 g/mol. The van der Waals surface area contributed by atoms with Gasteiger partial charge in [-0.05, 0) is 18.6 Å². The van der Waals surface area contributed by atoms with Crippen LogP contribution in [0.2, 0.25) is 0 Å². The first-order chi connectivity index (χ1) is 10.4. The first-order valence-electron chi connectivity index (χ1n) is 6.84. The molecule has 0 aliphatic carbocycles. The van der Waals surface area contributed by atoms with E-state index in [2.05, 4.69) is 9.97 Å². The first-order valence-corrected chi connectivity index (χ1v) is 8.66. The fraction of sp³-hybridized carbons (Fsp3) is 0.357. The molecule has 1 saturated heterocycles. The lowest BCUT2D eigenvalue weighted by Gasteiger charge is -2.22. The molecule has 3 rings (SSSR count). The molecule has 1 fully saturated rings. The monoisotopic (exact) mass is 321 g/mol. The minimum Gasteiger partial charge on any atom is -0.335 e. The van der Waals surface area contributed by atoms with Gasteiger partial charge in [-0.2, -0.15) is 0 Å². The minimum absolute atomic E-state index is 0.0486.